The monoisotopic (exact) mass is 379 g/mol. The van der Waals surface area contributed by atoms with Crippen LogP contribution in [0.5, 0.6) is 11.5 Å². The zero-order valence-corrected chi connectivity index (χ0v) is 15.9. The Morgan fingerprint density at radius 2 is 2.16 bits per heavy atom. The molecule has 5 nitrogen and oxygen atoms in total. The third-order valence-corrected chi connectivity index (χ3v) is 5.01. The molecule has 2 heterocycles. The van der Waals surface area contributed by atoms with E-state index in [1.807, 2.05) is 12.1 Å². The second kappa shape index (κ2) is 8.45. The molecule has 0 radical (unpaired) electrons. The van der Waals surface area contributed by atoms with Gasteiger partial charge in [-0.05, 0) is 46.0 Å². The summed E-state index contributed by atoms with van der Waals surface area (Å²) in [7, 11) is 1.77. The number of nitrogens with zero attached hydrogens (tertiary/aromatic N) is 1. The molecular weight excluding hydrogens is 358 g/mol. The van der Waals surface area contributed by atoms with Crippen LogP contribution in [0.15, 0.2) is 34.0 Å². The fraction of sp³-hybridized carbons (Fsp3) is 0.389. The van der Waals surface area contributed by atoms with Crippen LogP contribution in [0.1, 0.15) is 24.0 Å². The zero-order valence-electron chi connectivity index (χ0n) is 14.3. The van der Waals surface area contributed by atoms with Gasteiger partial charge in [-0.1, -0.05) is 18.5 Å². The molecule has 25 heavy (non-hydrogen) atoms. The lowest BCUT2D eigenvalue weighted by molar-refractivity contribution is 0.171. The van der Waals surface area contributed by atoms with Gasteiger partial charge in [0, 0.05) is 20.1 Å². The summed E-state index contributed by atoms with van der Waals surface area (Å²) in [5.41, 5.74) is 2.36. The van der Waals surface area contributed by atoms with Gasteiger partial charge < -0.3 is 20.1 Å². The molecule has 1 aliphatic heterocycles. The maximum Gasteiger partial charge on any atom is 0.191 e. The number of hydrogen-bond donors (Lipinski definition) is 2. The van der Waals surface area contributed by atoms with Crippen molar-refractivity contribution in [1.82, 2.24) is 10.6 Å². The number of hydrogen-bond acceptors (Lipinski definition) is 4. The largest absolute Gasteiger partial charge is 0.486 e. The maximum atomic E-state index is 6.28. The molecule has 2 N–H and O–H groups in total. The Morgan fingerprint density at radius 3 is 2.92 bits per heavy atom. The van der Waals surface area contributed by atoms with E-state index in [1.54, 1.807) is 18.4 Å². The molecule has 0 bridgehead atoms. The van der Waals surface area contributed by atoms with Gasteiger partial charge in [-0.25, -0.2) is 0 Å². The van der Waals surface area contributed by atoms with Gasteiger partial charge in [0.2, 0.25) is 0 Å². The predicted molar refractivity (Wildman–Crippen MR) is 103 cm³/mol. The highest BCUT2D eigenvalue weighted by atomic mass is 35.5. The van der Waals surface area contributed by atoms with Crippen molar-refractivity contribution in [2.75, 3.05) is 26.8 Å². The fourth-order valence-corrected chi connectivity index (χ4v) is 3.67. The highest BCUT2D eigenvalue weighted by Gasteiger charge is 2.16. The minimum Gasteiger partial charge on any atom is -0.486 e. The summed E-state index contributed by atoms with van der Waals surface area (Å²) in [5.74, 6) is 2.51. The Hall–Kier alpha value is -1.92. The first kappa shape index (κ1) is 17.9. The number of guanidine groups is 1. The van der Waals surface area contributed by atoms with Gasteiger partial charge >= 0.3 is 0 Å². The van der Waals surface area contributed by atoms with Crippen LogP contribution in [-0.2, 0) is 6.54 Å². The average Bonchev–Trinajstić information content (AvgIpc) is 3.16. The summed E-state index contributed by atoms with van der Waals surface area (Å²) in [5, 5.41) is 11.5. The second-order valence-corrected chi connectivity index (χ2v) is 7.05. The highest BCUT2D eigenvalue weighted by Crippen LogP contribution is 2.38. The first-order chi connectivity index (χ1) is 12.2. The third kappa shape index (κ3) is 4.58. The van der Waals surface area contributed by atoms with Crippen molar-refractivity contribution >= 4 is 28.9 Å². The van der Waals surface area contributed by atoms with Gasteiger partial charge in [-0.15, -0.1) is 0 Å². The topological polar surface area (TPSA) is 54.9 Å². The number of ether oxygens (including phenoxy) is 2. The van der Waals surface area contributed by atoms with Crippen molar-refractivity contribution in [3.63, 3.8) is 0 Å². The van der Waals surface area contributed by atoms with E-state index in [0.29, 0.717) is 42.2 Å². The minimum atomic E-state index is 0.425. The van der Waals surface area contributed by atoms with Crippen molar-refractivity contribution in [2.24, 2.45) is 4.99 Å². The van der Waals surface area contributed by atoms with E-state index in [1.165, 1.54) is 5.56 Å². The molecule has 7 heteroatoms. The van der Waals surface area contributed by atoms with E-state index in [0.717, 1.165) is 18.1 Å². The van der Waals surface area contributed by atoms with E-state index in [4.69, 9.17) is 21.1 Å². The van der Waals surface area contributed by atoms with Crippen LogP contribution in [0.2, 0.25) is 5.02 Å². The Kier molecular flexibility index (Phi) is 6.04. The summed E-state index contributed by atoms with van der Waals surface area (Å²) in [6, 6.07) is 6.00. The molecule has 1 unspecified atom stereocenters. The molecule has 1 atom stereocenters. The Morgan fingerprint density at radius 1 is 1.32 bits per heavy atom. The number of thiophene rings is 1. The van der Waals surface area contributed by atoms with Crippen LogP contribution < -0.4 is 20.1 Å². The standard InChI is InChI=1S/C18H22ClN3O2S/c1-12(14-3-6-25-11-14)9-21-18(20-2)22-10-13-7-15(19)17-16(8-13)23-4-5-24-17/h3,6-8,11-12H,4-5,9-10H2,1-2H3,(H2,20,21,22). The van der Waals surface area contributed by atoms with Crippen molar-refractivity contribution < 1.29 is 9.47 Å². The molecule has 0 spiro atoms. The number of halogens is 1. The van der Waals surface area contributed by atoms with Crippen molar-refractivity contribution in [3.8, 4) is 11.5 Å². The molecule has 1 aromatic heterocycles. The van der Waals surface area contributed by atoms with Crippen LogP contribution in [0.25, 0.3) is 0 Å². The highest BCUT2D eigenvalue weighted by molar-refractivity contribution is 7.07. The molecule has 0 fully saturated rings. The molecule has 1 aromatic carbocycles. The van der Waals surface area contributed by atoms with Gasteiger partial charge in [0.05, 0.1) is 5.02 Å². The van der Waals surface area contributed by atoms with E-state index in [2.05, 4.69) is 39.4 Å². The predicted octanol–water partition coefficient (Wildman–Crippen LogP) is 3.64. The quantitative estimate of drug-likeness (QED) is 0.615. The third-order valence-electron chi connectivity index (χ3n) is 4.03. The van der Waals surface area contributed by atoms with Crippen molar-refractivity contribution in [3.05, 3.63) is 45.1 Å². The lowest BCUT2D eigenvalue weighted by Gasteiger charge is -2.21. The molecule has 134 valence electrons. The minimum absolute atomic E-state index is 0.425. The van der Waals surface area contributed by atoms with E-state index in [9.17, 15) is 0 Å². The summed E-state index contributed by atoms with van der Waals surface area (Å²) >= 11 is 8.00. The SMILES string of the molecule is CN=C(NCc1cc(Cl)c2c(c1)OCCO2)NCC(C)c1ccsc1. The molecule has 0 saturated heterocycles. The molecule has 0 amide bonds. The summed E-state index contributed by atoms with van der Waals surface area (Å²) in [6.45, 7) is 4.69. The molecular formula is C18H22ClN3O2S. The number of nitrogens with one attached hydrogen (secondary N) is 2. The van der Waals surface area contributed by atoms with Crippen molar-refractivity contribution in [2.45, 2.75) is 19.4 Å². The van der Waals surface area contributed by atoms with Gasteiger partial charge in [0.25, 0.3) is 0 Å². The Labute approximate surface area is 157 Å². The fourth-order valence-electron chi connectivity index (χ4n) is 2.60. The van der Waals surface area contributed by atoms with Crippen LogP contribution in [0.3, 0.4) is 0 Å². The van der Waals surface area contributed by atoms with Crippen molar-refractivity contribution in [1.29, 1.82) is 0 Å². The Balaban J connectivity index is 1.55. The Bertz CT molecular complexity index is 734. The summed E-state index contributed by atoms with van der Waals surface area (Å²) < 4.78 is 11.2. The van der Waals surface area contributed by atoms with Crippen LogP contribution >= 0.6 is 22.9 Å². The average molecular weight is 380 g/mol. The lowest BCUT2D eigenvalue weighted by Crippen LogP contribution is -2.38. The van der Waals surface area contributed by atoms with Gasteiger partial charge in [0.1, 0.15) is 13.2 Å². The molecule has 2 aromatic rings. The number of fused-ring (bicyclic) bond motifs is 1. The molecule has 3 rings (SSSR count). The van der Waals surface area contributed by atoms with Gasteiger partial charge in [-0.2, -0.15) is 11.3 Å². The van der Waals surface area contributed by atoms with Crippen LogP contribution in [0.4, 0.5) is 0 Å². The number of rotatable bonds is 5. The summed E-state index contributed by atoms with van der Waals surface area (Å²) in [4.78, 5) is 4.27. The van der Waals surface area contributed by atoms with Gasteiger partial charge in [0.15, 0.2) is 17.5 Å². The first-order valence-corrected chi connectivity index (χ1v) is 9.54. The molecule has 1 aliphatic rings. The zero-order chi connectivity index (χ0) is 17.6. The van der Waals surface area contributed by atoms with Gasteiger partial charge in [-0.3, -0.25) is 4.99 Å². The molecule has 0 saturated carbocycles. The number of benzene rings is 1. The smallest absolute Gasteiger partial charge is 0.191 e. The van der Waals surface area contributed by atoms with E-state index >= 15 is 0 Å². The normalized spacial score (nSPS) is 14.9. The van der Waals surface area contributed by atoms with Crippen LogP contribution in [-0.4, -0.2) is 32.8 Å². The second-order valence-electron chi connectivity index (χ2n) is 5.87. The summed E-state index contributed by atoms with van der Waals surface area (Å²) in [6.07, 6.45) is 0. The van der Waals surface area contributed by atoms with E-state index < -0.39 is 0 Å². The lowest BCUT2D eigenvalue weighted by atomic mass is 10.1. The first-order valence-electron chi connectivity index (χ1n) is 8.22. The van der Waals surface area contributed by atoms with E-state index in [-0.39, 0.29) is 0 Å². The van der Waals surface area contributed by atoms with Crippen LogP contribution in [0, 0.1) is 0 Å². The number of aliphatic imine (C=N–C) groups is 1. The maximum absolute atomic E-state index is 6.28. The molecule has 0 aliphatic carbocycles.